The Labute approximate surface area is 96.9 Å². The summed E-state index contributed by atoms with van der Waals surface area (Å²) in [5.74, 6) is 1.77. The molecule has 1 aromatic rings. The molecule has 0 aliphatic carbocycles. The molecule has 3 nitrogen and oxygen atoms in total. The average molecular weight is 217 g/mol. The molecule has 1 aromatic heterocycles. The molecule has 0 spiro atoms. The van der Waals surface area contributed by atoms with Gasteiger partial charge in [0, 0.05) is 32.0 Å². The van der Waals surface area contributed by atoms with Gasteiger partial charge in [-0.15, -0.1) is 0 Å². The molecule has 2 aliphatic heterocycles. The van der Waals surface area contributed by atoms with Gasteiger partial charge in [-0.3, -0.25) is 9.88 Å². The molecule has 2 fully saturated rings. The number of nitrogens with one attached hydrogen (secondary N) is 1. The maximum absolute atomic E-state index is 4.22. The number of likely N-dealkylation sites (tertiary alicyclic amines) is 1. The zero-order valence-electron chi connectivity index (χ0n) is 9.82. The van der Waals surface area contributed by atoms with Crippen LogP contribution in [0.1, 0.15) is 11.1 Å². The third-order valence-electron chi connectivity index (χ3n) is 4.01. The van der Waals surface area contributed by atoms with Gasteiger partial charge in [-0.1, -0.05) is 0 Å². The summed E-state index contributed by atoms with van der Waals surface area (Å²) in [6.45, 7) is 8.19. The van der Waals surface area contributed by atoms with Crippen LogP contribution in [0.25, 0.3) is 0 Å². The van der Waals surface area contributed by atoms with Crippen LogP contribution < -0.4 is 5.32 Å². The molecule has 2 saturated heterocycles. The van der Waals surface area contributed by atoms with E-state index < -0.39 is 0 Å². The van der Waals surface area contributed by atoms with E-state index in [2.05, 4.69) is 28.2 Å². The van der Waals surface area contributed by atoms with Gasteiger partial charge in [0.25, 0.3) is 0 Å². The Morgan fingerprint density at radius 1 is 1.38 bits per heavy atom. The van der Waals surface area contributed by atoms with Gasteiger partial charge >= 0.3 is 0 Å². The zero-order chi connectivity index (χ0) is 11.0. The summed E-state index contributed by atoms with van der Waals surface area (Å²) in [6, 6.07) is 2.10. The topological polar surface area (TPSA) is 28.2 Å². The van der Waals surface area contributed by atoms with E-state index in [1.54, 1.807) is 0 Å². The van der Waals surface area contributed by atoms with Crippen LogP contribution in [0, 0.1) is 18.8 Å². The summed E-state index contributed by atoms with van der Waals surface area (Å²) in [7, 11) is 0. The smallest absolute Gasteiger partial charge is 0.0315 e. The molecule has 2 aliphatic rings. The van der Waals surface area contributed by atoms with Crippen LogP contribution in [-0.2, 0) is 6.54 Å². The van der Waals surface area contributed by atoms with E-state index in [-0.39, 0.29) is 0 Å². The molecule has 0 radical (unpaired) electrons. The summed E-state index contributed by atoms with van der Waals surface area (Å²) in [5.41, 5.74) is 2.75. The standard InChI is InChI=1S/C13H19N3/c1-10-2-3-14-4-11(10)7-16-8-12-5-15-6-13(12)9-16/h2-4,12-13,15H,5-9H2,1H3. The predicted octanol–water partition coefficient (Wildman–Crippen LogP) is 1.04. The molecule has 3 heterocycles. The van der Waals surface area contributed by atoms with Gasteiger partial charge in [-0.05, 0) is 49.0 Å². The third kappa shape index (κ3) is 1.85. The van der Waals surface area contributed by atoms with Crippen LogP contribution in [0.5, 0.6) is 0 Å². The second-order valence-corrected chi connectivity index (χ2v) is 5.17. The van der Waals surface area contributed by atoms with Crippen molar-refractivity contribution >= 4 is 0 Å². The molecule has 3 rings (SSSR count). The zero-order valence-corrected chi connectivity index (χ0v) is 9.82. The normalized spacial score (nSPS) is 29.6. The Hall–Kier alpha value is -0.930. The number of hydrogen-bond donors (Lipinski definition) is 1. The van der Waals surface area contributed by atoms with Crippen molar-refractivity contribution in [2.24, 2.45) is 11.8 Å². The van der Waals surface area contributed by atoms with Crippen molar-refractivity contribution in [1.82, 2.24) is 15.2 Å². The van der Waals surface area contributed by atoms with E-state index in [0.717, 1.165) is 18.4 Å². The summed E-state index contributed by atoms with van der Waals surface area (Å²) in [6.07, 6.45) is 3.89. The fourth-order valence-electron chi connectivity index (χ4n) is 2.98. The minimum atomic E-state index is 0.886. The Kier molecular flexibility index (Phi) is 2.65. The number of pyridine rings is 1. The third-order valence-corrected chi connectivity index (χ3v) is 4.01. The number of aromatic nitrogens is 1. The van der Waals surface area contributed by atoms with Crippen molar-refractivity contribution in [2.75, 3.05) is 26.2 Å². The number of nitrogens with zero attached hydrogens (tertiary/aromatic N) is 2. The molecule has 3 heteroatoms. The van der Waals surface area contributed by atoms with Gasteiger partial charge in [0.2, 0.25) is 0 Å². The van der Waals surface area contributed by atoms with Crippen molar-refractivity contribution in [3.8, 4) is 0 Å². The quantitative estimate of drug-likeness (QED) is 0.802. The van der Waals surface area contributed by atoms with Gasteiger partial charge in [0.05, 0.1) is 0 Å². The summed E-state index contributed by atoms with van der Waals surface area (Å²) < 4.78 is 0. The SMILES string of the molecule is Cc1ccncc1CN1CC2CNCC2C1. The molecule has 86 valence electrons. The second kappa shape index (κ2) is 4.15. The lowest BCUT2D eigenvalue weighted by atomic mass is 10.0. The maximum atomic E-state index is 4.22. The molecule has 0 amide bonds. The number of hydrogen-bond acceptors (Lipinski definition) is 3. The van der Waals surface area contributed by atoms with Gasteiger partial charge in [0.1, 0.15) is 0 Å². The van der Waals surface area contributed by atoms with Crippen LogP contribution in [0.4, 0.5) is 0 Å². The first-order chi connectivity index (χ1) is 7.83. The van der Waals surface area contributed by atoms with Crippen LogP contribution in [0.15, 0.2) is 18.5 Å². The molecular formula is C13H19N3. The highest BCUT2D eigenvalue weighted by molar-refractivity contribution is 5.21. The lowest BCUT2D eigenvalue weighted by Crippen LogP contribution is -2.25. The highest BCUT2D eigenvalue weighted by Crippen LogP contribution is 2.27. The van der Waals surface area contributed by atoms with Crippen molar-refractivity contribution < 1.29 is 0 Å². The molecule has 2 atom stereocenters. The largest absolute Gasteiger partial charge is 0.316 e. The Morgan fingerprint density at radius 2 is 2.12 bits per heavy atom. The lowest BCUT2D eigenvalue weighted by molar-refractivity contribution is 0.304. The number of fused-ring (bicyclic) bond motifs is 1. The van der Waals surface area contributed by atoms with Crippen LogP contribution >= 0.6 is 0 Å². The van der Waals surface area contributed by atoms with Crippen LogP contribution in [0.2, 0.25) is 0 Å². The van der Waals surface area contributed by atoms with Gasteiger partial charge in [0.15, 0.2) is 0 Å². The highest BCUT2D eigenvalue weighted by atomic mass is 15.2. The van der Waals surface area contributed by atoms with Gasteiger partial charge in [-0.2, -0.15) is 0 Å². The Morgan fingerprint density at radius 3 is 2.81 bits per heavy atom. The summed E-state index contributed by atoms with van der Waals surface area (Å²) in [4.78, 5) is 6.80. The first-order valence-corrected chi connectivity index (χ1v) is 6.15. The van der Waals surface area contributed by atoms with E-state index in [4.69, 9.17) is 0 Å². The van der Waals surface area contributed by atoms with Gasteiger partial charge in [-0.25, -0.2) is 0 Å². The Bertz CT molecular complexity index is 365. The van der Waals surface area contributed by atoms with Crippen molar-refractivity contribution in [2.45, 2.75) is 13.5 Å². The van der Waals surface area contributed by atoms with Gasteiger partial charge < -0.3 is 5.32 Å². The first-order valence-electron chi connectivity index (χ1n) is 6.15. The second-order valence-electron chi connectivity index (χ2n) is 5.17. The molecule has 0 bridgehead atoms. The average Bonchev–Trinajstić information content (AvgIpc) is 2.81. The fraction of sp³-hybridized carbons (Fsp3) is 0.615. The van der Waals surface area contributed by atoms with Crippen molar-refractivity contribution in [1.29, 1.82) is 0 Å². The molecule has 0 saturated carbocycles. The molecular weight excluding hydrogens is 198 g/mol. The summed E-state index contributed by atoms with van der Waals surface area (Å²) in [5, 5.41) is 3.48. The molecule has 1 N–H and O–H groups in total. The van der Waals surface area contributed by atoms with Crippen molar-refractivity contribution in [3.63, 3.8) is 0 Å². The summed E-state index contributed by atoms with van der Waals surface area (Å²) >= 11 is 0. The minimum Gasteiger partial charge on any atom is -0.316 e. The maximum Gasteiger partial charge on any atom is 0.0315 e. The van der Waals surface area contributed by atoms with E-state index in [1.165, 1.54) is 37.3 Å². The van der Waals surface area contributed by atoms with Crippen LogP contribution in [0.3, 0.4) is 0 Å². The van der Waals surface area contributed by atoms with E-state index >= 15 is 0 Å². The minimum absolute atomic E-state index is 0.886. The fourth-order valence-corrected chi connectivity index (χ4v) is 2.98. The predicted molar refractivity (Wildman–Crippen MR) is 64.1 cm³/mol. The monoisotopic (exact) mass is 217 g/mol. The number of rotatable bonds is 2. The van der Waals surface area contributed by atoms with E-state index in [9.17, 15) is 0 Å². The highest BCUT2D eigenvalue weighted by Gasteiger charge is 2.35. The van der Waals surface area contributed by atoms with E-state index in [0.29, 0.717) is 0 Å². The Balaban J connectivity index is 1.66. The number of aryl methyl sites for hydroxylation is 1. The molecule has 0 aromatic carbocycles. The van der Waals surface area contributed by atoms with Crippen molar-refractivity contribution in [3.05, 3.63) is 29.6 Å². The lowest BCUT2D eigenvalue weighted by Gasteiger charge is -2.17. The van der Waals surface area contributed by atoms with E-state index in [1.807, 2.05) is 12.4 Å². The molecule has 2 unspecified atom stereocenters. The van der Waals surface area contributed by atoms with Crippen LogP contribution in [-0.4, -0.2) is 36.1 Å². The molecule has 16 heavy (non-hydrogen) atoms. The first kappa shape index (κ1) is 10.2.